The number of benzene rings is 1. The normalized spacial score (nSPS) is 12.1. The van der Waals surface area contributed by atoms with Gasteiger partial charge in [-0.05, 0) is 49.2 Å². The molecule has 1 heterocycles. The summed E-state index contributed by atoms with van der Waals surface area (Å²) in [5.41, 5.74) is 2.30. The molecule has 1 N–H and O–H groups in total. The first-order chi connectivity index (χ1) is 10.2. The molecule has 0 spiro atoms. The average molecular weight is 305 g/mol. The van der Waals surface area contributed by atoms with Crippen molar-refractivity contribution in [2.45, 2.75) is 25.8 Å². The molecule has 0 aliphatic rings. The number of nitrogens with zero attached hydrogens (tertiary/aromatic N) is 1. The largest absolute Gasteiger partial charge is 0.495 e. The minimum absolute atomic E-state index is 0.267. The summed E-state index contributed by atoms with van der Waals surface area (Å²) in [6.07, 6.45) is 3.75. The zero-order valence-electron chi connectivity index (χ0n) is 12.5. The fourth-order valence-electron chi connectivity index (χ4n) is 2.36. The van der Waals surface area contributed by atoms with Crippen LogP contribution in [0.3, 0.4) is 0 Å². The van der Waals surface area contributed by atoms with E-state index in [9.17, 15) is 0 Å². The van der Waals surface area contributed by atoms with E-state index in [0.29, 0.717) is 5.02 Å². The van der Waals surface area contributed by atoms with E-state index in [2.05, 4.69) is 29.4 Å². The molecule has 0 amide bonds. The predicted molar refractivity (Wildman–Crippen MR) is 87.0 cm³/mol. The highest BCUT2D eigenvalue weighted by Crippen LogP contribution is 2.29. The lowest BCUT2D eigenvalue weighted by atomic mass is 10.0. The third kappa shape index (κ3) is 4.45. The summed E-state index contributed by atoms with van der Waals surface area (Å²) in [7, 11) is 1.64. The number of halogens is 1. The zero-order valence-corrected chi connectivity index (χ0v) is 13.2. The van der Waals surface area contributed by atoms with Gasteiger partial charge in [0.05, 0.1) is 12.1 Å². The Bertz CT molecular complexity index is 560. The van der Waals surface area contributed by atoms with Crippen LogP contribution in [0, 0.1) is 0 Å². The Morgan fingerprint density at radius 1 is 1.29 bits per heavy atom. The fourth-order valence-corrected chi connectivity index (χ4v) is 2.56. The number of aryl methyl sites for hydroxylation is 1. The second kappa shape index (κ2) is 8.01. The molecule has 1 aromatic carbocycles. The minimum atomic E-state index is 0.267. The first kappa shape index (κ1) is 15.8. The molecule has 0 bridgehead atoms. The summed E-state index contributed by atoms with van der Waals surface area (Å²) in [5, 5.41) is 4.15. The van der Waals surface area contributed by atoms with Gasteiger partial charge >= 0.3 is 0 Å². The number of hydrogen-bond acceptors (Lipinski definition) is 3. The summed E-state index contributed by atoms with van der Waals surface area (Å²) < 4.78 is 5.30. The zero-order chi connectivity index (χ0) is 15.1. The second-order valence-electron chi connectivity index (χ2n) is 4.86. The van der Waals surface area contributed by atoms with Crippen molar-refractivity contribution in [1.29, 1.82) is 0 Å². The van der Waals surface area contributed by atoms with Gasteiger partial charge in [0.25, 0.3) is 0 Å². The molecule has 1 aromatic heterocycles. The number of rotatable bonds is 7. The summed E-state index contributed by atoms with van der Waals surface area (Å²) in [4.78, 5) is 4.38. The van der Waals surface area contributed by atoms with Crippen molar-refractivity contribution < 1.29 is 4.74 Å². The van der Waals surface area contributed by atoms with Gasteiger partial charge < -0.3 is 10.1 Å². The van der Waals surface area contributed by atoms with E-state index in [1.165, 1.54) is 5.56 Å². The molecule has 4 heteroatoms. The summed E-state index contributed by atoms with van der Waals surface area (Å²) in [5.74, 6) is 0.718. The van der Waals surface area contributed by atoms with Crippen molar-refractivity contribution in [2.75, 3.05) is 13.7 Å². The van der Waals surface area contributed by atoms with Crippen molar-refractivity contribution in [2.24, 2.45) is 0 Å². The Hall–Kier alpha value is -1.58. The van der Waals surface area contributed by atoms with E-state index in [1.54, 1.807) is 7.11 Å². The Morgan fingerprint density at radius 2 is 2.14 bits per heavy atom. The third-order valence-corrected chi connectivity index (χ3v) is 3.76. The Labute approximate surface area is 131 Å². The lowest BCUT2D eigenvalue weighted by Crippen LogP contribution is -2.21. The van der Waals surface area contributed by atoms with E-state index in [0.717, 1.165) is 30.8 Å². The molecule has 112 valence electrons. The smallest absolute Gasteiger partial charge is 0.137 e. The predicted octanol–water partition coefficient (Wildman–Crippen LogP) is 4.03. The summed E-state index contributed by atoms with van der Waals surface area (Å²) >= 11 is 6.10. The second-order valence-corrected chi connectivity index (χ2v) is 5.27. The van der Waals surface area contributed by atoms with Crippen LogP contribution in [0.25, 0.3) is 0 Å². The monoisotopic (exact) mass is 304 g/mol. The summed E-state index contributed by atoms with van der Waals surface area (Å²) in [6, 6.07) is 12.2. The lowest BCUT2D eigenvalue weighted by Gasteiger charge is -2.19. The highest BCUT2D eigenvalue weighted by atomic mass is 35.5. The van der Waals surface area contributed by atoms with E-state index >= 15 is 0 Å². The highest BCUT2D eigenvalue weighted by molar-refractivity contribution is 6.32. The molecule has 0 radical (unpaired) electrons. The van der Waals surface area contributed by atoms with E-state index in [4.69, 9.17) is 16.3 Å². The molecular formula is C17H21ClN2O. The van der Waals surface area contributed by atoms with Crippen LogP contribution in [0.1, 0.15) is 30.6 Å². The summed E-state index contributed by atoms with van der Waals surface area (Å²) in [6.45, 7) is 3.03. The van der Waals surface area contributed by atoms with Gasteiger partial charge in [-0.25, -0.2) is 0 Å². The maximum absolute atomic E-state index is 6.10. The Kier molecular flexibility index (Phi) is 6.03. The van der Waals surface area contributed by atoms with Crippen LogP contribution < -0.4 is 10.1 Å². The van der Waals surface area contributed by atoms with Gasteiger partial charge in [-0.15, -0.1) is 0 Å². The number of aromatic nitrogens is 1. The van der Waals surface area contributed by atoms with Crippen LogP contribution in [0.4, 0.5) is 0 Å². The van der Waals surface area contributed by atoms with Gasteiger partial charge in [0, 0.05) is 17.9 Å². The Balaban J connectivity index is 2.11. The van der Waals surface area contributed by atoms with Gasteiger partial charge in [-0.3, -0.25) is 4.98 Å². The van der Waals surface area contributed by atoms with Crippen LogP contribution in [0.15, 0.2) is 42.6 Å². The molecule has 1 unspecified atom stereocenters. The van der Waals surface area contributed by atoms with Crippen LogP contribution >= 0.6 is 11.6 Å². The van der Waals surface area contributed by atoms with E-state index in [-0.39, 0.29) is 6.04 Å². The first-order valence-electron chi connectivity index (χ1n) is 7.21. The van der Waals surface area contributed by atoms with Crippen molar-refractivity contribution in [1.82, 2.24) is 10.3 Å². The number of methoxy groups -OCH3 is 1. The molecule has 0 fully saturated rings. The van der Waals surface area contributed by atoms with Crippen molar-refractivity contribution in [3.63, 3.8) is 0 Å². The average Bonchev–Trinajstić information content (AvgIpc) is 2.53. The third-order valence-electron chi connectivity index (χ3n) is 3.44. The van der Waals surface area contributed by atoms with E-state index in [1.807, 2.05) is 30.5 Å². The molecule has 21 heavy (non-hydrogen) atoms. The maximum atomic E-state index is 6.10. The fraction of sp³-hybridized carbons (Fsp3) is 0.353. The molecule has 0 saturated heterocycles. The standard InChI is InChI=1S/C17H21ClN2O/c1-3-19-16(10-8-14-6-4-5-11-20-14)13-7-9-15(18)17(12-13)21-2/h4-7,9,11-12,16,19H,3,8,10H2,1-2H3. The molecule has 1 atom stereocenters. The number of ether oxygens (including phenoxy) is 1. The molecule has 2 aromatic rings. The SMILES string of the molecule is CCNC(CCc1ccccn1)c1ccc(Cl)c(OC)c1. The lowest BCUT2D eigenvalue weighted by molar-refractivity contribution is 0.412. The van der Waals surface area contributed by atoms with Crippen LogP contribution in [-0.2, 0) is 6.42 Å². The minimum Gasteiger partial charge on any atom is -0.495 e. The number of nitrogens with one attached hydrogen (secondary N) is 1. The molecule has 2 rings (SSSR count). The maximum Gasteiger partial charge on any atom is 0.137 e. The van der Waals surface area contributed by atoms with Crippen LogP contribution in [-0.4, -0.2) is 18.6 Å². The van der Waals surface area contributed by atoms with Gasteiger partial charge in [0.1, 0.15) is 5.75 Å². The van der Waals surface area contributed by atoms with E-state index < -0.39 is 0 Å². The molecule has 3 nitrogen and oxygen atoms in total. The highest BCUT2D eigenvalue weighted by Gasteiger charge is 2.13. The van der Waals surface area contributed by atoms with Crippen molar-refractivity contribution in [3.8, 4) is 5.75 Å². The molecule has 0 saturated carbocycles. The molecular weight excluding hydrogens is 284 g/mol. The topological polar surface area (TPSA) is 34.2 Å². The van der Waals surface area contributed by atoms with Gasteiger partial charge in [0.2, 0.25) is 0 Å². The van der Waals surface area contributed by atoms with Gasteiger partial charge in [0.15, 0.2) is 0 Å². The van der Waals surface area contributed by atoms with Gasteiger partial charge in [-0.2, -0.15) is 0 Å². The quantitative estimate of drug-likeness (QED) is 0.838. The van der Waals surface area contributed by atoms with Crippen LogP contribution in [0.5, 0.6) is 5.75 Å². The molecule has 0 aliphatic heterocycles. The Morgan fingerprint density at radius 3 is 2.81 bits per heavy atom. The van der Waals surface area contributed by atoms with Crippen molar-refractivity contribution >= 4 is 11.6 Å². The first-order valence-corrected chi connectivity index (χ1v) is 7.59. The van der Waals surface area contributed by atoms with Crippen LogP contribution in [0.2, 0.25) is 5.02 Å². The number of pyridine rings is 1. The van der Waals surface area contributed by atoms with Gasteiger partial charge in [-0.1, -0.05) is 30.7 Å². The number of hydrogen-bond donors (Lipinski definition) is 1. The molecule has 0 aliphatic carbocycles. The van der Waals surface area contributed by atoms with Crippen molar-refractivity contribution in [3.05, 3.63) is 58.9 Å².